The van der Waals surface area contributed by atoms with Crippen molar-refractivity contribution < 1.29 is 19.2 Å². The molecule has 0 saturated carbocycles. The van der Waals surface area contributed by atoms with Gasteiger partial charge >= 0.3 is 0 Å². The number of piperidine rings is 2. The van der Waals surface area contributed by atoms with Crippen molar-refractivity contribution in [1.82, 2.24) is 15.5 Å². The third-order valence-electron chi connectivity index (χ3n) is 10.4. The minimum absolute atomic E-state index is 0.0204. The number of carbonyl (C=O) groups is 4. The van der Waals surface area contributed by atoms with Gasteiger partial charge in [0.15, 0.2) is 11.6 Å². The Kier molecular flexibility index (Phi) is 7.75. The number of halogens is 4. The Labute approximate surface area is 295 Å². The number of imide groups is 1. The van der Waals surface area contributed by atoms with Crippen LogP contribution in [0.15, 0.2) is 36.4 Å². The summed E-state index contributed by atoms with van der Waals surface area (Å²) in [7, 11) is 0. The molecular weight excluding hydrogens is 692 g/mol. The van der Waals surface area contributed by atoms with Gasteiger partial charge < -0.3 is 10.6 Å². The monoisotopic (exact) mass is 719 g/mol. The molecule has 0 bridgehead atoms. The highest BCUT2D eigenvalue weighted by atomic mass is 35.5. The lowest BCUT2D eigenvalue weighted by Crippen LogP contribution is -2.50. The normalized spacial score (nSPS) is 17.8. The molecule has 244 valence electrons. The fourth-order valence-electron chi connectivity index (χ4n) is 8.19. The number of hydrogen-bond donors (Lipinski definition) is 2. The zero-order chi connectivity index (χ0) is 33.8. The third-order valence-corrected chi connectivity index (χ3v) is 11.6. The van der Waals surface area contributed by atoms with Crippen LogP contribution >= 0.6 is 46.4 Å². The van der Waals surface area contributed by atoms with E-state index >= 15 is 0 Å². The zero-order valence-corrected chi connectivity index (χ0v) is 28.9. The number of rotatable bonds is 5. The molecule has 0 atom stereocenters. The van der Waals surface area contributed by atoms with Crippen molar-refractivity contribution in [3.8, 4) is 0 Å². The molecule has 2 amide bonds. The van der Waals surface area contributed by atoms with Gasteiger partial charge in [0.2, 0.25) is 0 Å². The number of nitrogens with zero attached hydrogens (tertiary/aromatic N) is 1. The lowest BCUT2D eigenvalue weighted by molar-refractivity contribution is 0.0509. The number of ketones is 2. The number of benzene rings is 5. The summed E-state index contributed by atoms with van der Waals surface area (Å²) in [6.45, 7) is 8.56. The second-order valence-corrected chi connectivity index (χ2v) is 14.6. The zero-order valence-electron chi connectivity index (χ0n) is 25.9. The van der Waals surface area contributed by atoms with E-state index in [0.29, 0.717) is 85.7 Å². The molecule has 3 aliphatic rings. The Morgan fingerprint density at radius 1 is 0.646 bits per heavy atom. The summed E-state index contributed by atoms with van der Waals surface area (Å²) in [6.07, 6.45) is 2.81. The predicted molar refractivity (Wildman–Crippen MR) is 193 cm³/mol. The van der Waals surface area contributed by atoms with Crippen LogP contribution in [0.5, 0.6) is 0 Å². The molecule has 48 heavy (non-hydrogen) atoms. The Balaban J connectivity index is 1.50. The molecule has 8 rings (SSSR count). The average Bonchev–Trinajstić information content (AvgIpc) is 3.08. The van der Waals surface area contributed by atoms with Crippen LogP contribution < -0.4 is 10.6 Å². The maximum atomic E-state index is 14.3. The van der Waals surface area contributed by atoms with Crippen molar-refractivity contribution in [2.24, 2.45) is 5.92 Å². The first-order valence-electron chi connectivity index (χ1n) is 16.0. The number of Topliss-reactive ketones (excluding diaryl/α,β-unsaturated/α-hetero) is 2. The Morgan fingerprint density at radius 3 is 1.58 bits per heavy atom. The standard InChI is InChI=1S/C37H29Cl4N3O4/c1-15(17-3-7-42-8-4-17)35(46)20-12-24(39)30-32-26(41)14-22-28-21(36(47)44(37(22)48)18-5-9-43-10-6-18)13-25(40)31(34(28)32)29-23(38)11-19(16(2)45)27(20)33(29)30/h11-14,17-18,42-43H,1,3-10H2,2H3. The maximum absolute atomic E-state index is 14.3. The van der Waals surface area contributed by atoms with Crippen molar-refractivity contribution in [2.75, 3.05) is 26.2 Å². The van der Waals surface area contributed by atoms with Crippen molar-refractivity contribution >= 4 is 113 Å². The highest BCUT2D eigenvalue weighted by Gasteiger charge is 2.40. The van der Waals surface area contributed by atoms with Crippen LogP contribution in [0, 0.1) is 5.92 Å². The molecule has 0 aromatic heterocycles. The molecule has 11 heteroatoms. The molecule has 2 fully saturated rings. The lowest BCUT2D eigenvalue weighted by atomic mass is 9.80. The topological polar surface area (TPSA) is 95.6 Å². The van der Waals surface area contributed by atoms with E-state index in [4.69, 9.17) is 46.4 Å². The van der Waals surface area contributed by atoms with Crippen molar-refractivity contribution in [1.29, 1.82) is 0 Å². The highest BCUT2D eigenvalue weighted by Crippen LogP contribution is 2.53. The van der Waals surface area contributed by atoms with Gasteiger partial charge in [-0.2, -0.15) is 0 Å². The predicted octanol–water partition coefficient (Wildman–Crippen LogP) is 8.64. The lowest BCUT2D eigenvalue weighted by Gasteiger charge is -2.36. The fraction of sp³-hybridized carbons (Fsp3) is 0.297. The van der Waals surface area contributed by atoms with E-state index in [1.165, 1.54) is 11.8 Å². The Morgan fingerprint density at radius 2 is 1.08 bits per heavy atom. The summed E-state index contributed by atoms with van der Waals surface area (Å²) >= 11 is 28.4. The summed E-state index contributed by atoms with van der Waals surface area (Å²) in [5.74, 6) is -1.45. The first-order valence-corrected chi connectivity index (χ1v) is 17.5. The average molecular weight is 721 g/mol. The molecule has 0 spiro atoms. The molecule has 5 aromatic carbocycles. The van der Waals surface area contributed by atoms with E-state index in [-0.39, 0.29) is 54.7 Å². The molecule has 0 aliphatic carbocycles. The number of allylic oxidation sites excluding steroid dienone is 1. The summed E-state index contributed by atoms with van der Waals surface area (Å²) in [5, 5.41) is 11.0. The number of fused-ring (bicyclic) bond motifs is 2. The van der Waals surface area contributed by atoms with Crippen molar-refractivity contribution in [3.63, 3.8) is 0 Å². The summed E-state index contributed by atoms with van der Waals surface area (Å²) in [6, 6.07) is 6.04. The van der Waals surface area contributed by atoms with Gasteiger partial charge in [0.25, 0.3) is 11.8 Å². The van der Waals surface area contributed by atoms with Crippen LogP contribution in [0.25, 0.3) is 43.1 Å². The minimum Gasteiger partial charge on any atom is -0.317 e. The molecule has 7 nitrogen and oxygen atoms in total. The van der Waals surface area contributed by atoms with Gasteiger partial charge in [-0.3, -0.25) is 24.1 Å². The summed E-state index contributed by atoms with van der Waals surface area (Å²) < 4.78 is 0. The van der Waals surface area contributed by atoms with E-state index in [0.717, 1.165) is 25.9 Å². The second kappa shape index (κ2) is 11.7. The smallest absolute Gasteiger partial charge is 0.261 e. The van der Waals surface area contributed by atoms with E-state index < -0.39 is 11.8 Å². The van der Waals surface area contributed by atoms with Crippen LogP contribution in [0.1, 0.15) is 74.0 Å². The van der Waals surface area contributed by atoms with E-state index in [9.17, 15) is 19.2 Å². The van der Waals surface area contributed by atoms with E-state index in [1.54, 1.807) is 24.3 Å². The molecule has 3 heterocycles. The van der Waals surface area contributed by atoms with E-state index in [2.05, 4.69) is 17.2 Å². The maximum Gasteiger partial charge on any atom is 0.261 e. The molecule has 3 aliphatic heterocycles. The third kappa shape index (κ3) is 4.48. The SMILES string of the molecule is C=C(C(=O)c1cc(Cl)c2c3c(Cl)cc4c5c(cc(Cl)c(c6c(Cl)cc(C(C)=O)c1c62)c53)C(=O)N(C1CCNCC1)C4=O)C1CCNCC1. The van der Waals surface area contributed by atoms with Gasteiger partial charge in [-0.1, -0.05) is 53.0 Å². The first-order chi connectivity index (χ1) is 23.0. The van der Waals surface area contributed by atoms with Crippen LogP contribution in [0.4, 0.5) is 0 Å². The fourth-order valence-corrected chi connectivity index (χ4v) is 9.38. The van der Waals surface area contributed by atoms with Gasteiger partial charge in [0.1, 0.15) is 0 Å². The number of nitrogens with one attached hydrogen (secondary N) is 2. The van der Waals surface area contributed by atoms with Crippen LogP contribution in [0.3, 0.4) is 0 Å². The van der Waals surface area contributed by atoms with Gasteiger partial charge in [-0.05, 0) is 94.5 Å². The molecule has 2 N–H and O–H groups in total. The Hall–Kier alpha value is -3.30. The summed E-state index contributed by atoms with van der Waals surface area (Å²) in [4.78, 5) is 57.1. The van der Waals surface area contributed by atoms with E-state index in [1.807, 2.05) is 0 Å². The van der Waals surface area contributed by atoms with Gasteiger partial charge in [0, 0.05) is 80.3 Å². The minimum atomic E-state index is -0.418. The number of amides is 2. The van der Waals surface area contributed by atoms with Gasteiger partial charge in [0.05, 0.1) is 11.1 Å². The van der Waals surface area contributed by atoms with Crippen LogP contribution in [-0.4, -0.2) is 60.5 Å². The molecule has 5 aromatic rings. The van der Waals surface area contributed by atoms with Crippen LogP contribution in [0.2, 0.25) is 20.1 Å². The number of carbonyl (C=O) groups excluding carboxylic acids is 4. The van der Waals surface area contributed by atoms with Crippen LogP contribution in [-0.2, 0) is 0 Å². The second-order valence-electron chi connectivity index (χ2n) is 13.0. The van der Waals surface area contributed by atoms with Gasteiger partial charge in [-0.15, -0.1) is 0 Å². The molecular formula is C37H29Cl4N3O4. The van der Waals surface area contributed by atoms with Gasteiger partial charge in [-0.25, -0.2) is 0 Å². The summed E-state index contributed by atoms with van der Waals surface area (Å²) in [5.41, 5.74) is 1.54. The number of hydrogen-bond acceptors (Lipinski definition) is 6. The molecule has 0 radical (unpaired) electrons. The van der Waals surface area contributed by atoms with Crippen molar-refractivity contribution in [2.45, 2.75) is 38.6 Å². The molecule has 0 unspecified atom stereocenters. The largest absolute Gasteiger partial charge is 0.317 e. The quantitative estimate of drug-likeness (QED) is 0.0621. The highest BCUT2D eigenvalue weighted by molar-refractivity contribution is 6.55. The Bertz CT molecular complexity index is 2250. The molecule has 2 saturated heterocycles. The van der Waals surface area contributed by atoms with Crippen molar-refractivity contribution in [3.05, 3.63) is 78.8 Å². The first kappa shape index (κ1) is 31.9.